The molecule has 0 aliphatic carbocycles. The number of amides is 1. The molecule has 0 aliphatic heterocycles. The van der Waals surface area contributed by atoms with Crippen molar-refractivity contribution in [1.29, 1.82) is 0 Å². The molecule has 5 nitrogen and oxygen atoms in total. The fourth-order valence-electron chi connectivity index (χ4n) is 2.22. The van der Waals surface area contributed by atoms with Gasteiger partial charge in [0.15, 0.2) is 0 Å². The molecular formula is C20H19ClF3N3O2. The molecule has 154 valence electrons. The molecule has 0 spiro atoms. The lowest BCUT2D eigenvalue weighted by molar-refractivity contribution is -0.0925. The molecule has 2 aromatic rings. The van der Waals surface area contributed by atoms with Crippen molar-refractivity contribution < 1.29 is 23.1 Å². The highest BCUT2D eigenvalue weighted by atomic mass is 35.5. The number of alkyl halides is 3. The summed E-state index contributed by atoms with van der Waals surface area (Å²) in [6.45, 7) is 1.60. The molecule has 0 saturated carbocycles. The summed E-state index contributed by atoms with van der Waals surface area (Å²) in [5.74, 6) is -0.424. The van der Waals surface area contributed by atoms with Crippen molar-refractivity contribution in [3.63, 3.8) is 0 Å². The van der Waals surface area contributed by atoms with E-state index in [1.807, 2.05) is 0 Å². The number of carbonyl (C=O) groups excluding carboxylic acids is 1. The predicted octanol–water partition coefficient (Wildman–Crippen LogP) is 3.98. The van der Waals surface area contributed by atoms with E-state index in [0.717, 1.165) is 0 Å². The maximum atomic E-state index is 12.9. The Kier molecular flexibility index (Phi) is 7.41. The number of benzene rings is 2. The lowest BCUT2D eigenvalue weighted by Crippen LogP contribution is -2.30. The number of nitrogens with two attached hydrogens (primary N) is 1. The largest absolute Gasteiger partial charge is 0.430 e. The van der Waals surface area contributed by atoms with Crippen LogP contribution in [0.4, 0.5) is 18.9 Å². The molecule has 0 heterocycles. The number of para-hydroxylation sites is 1. The van der Waals surface area contributed by atoms with Gasteiger partial charge < -0.3 is 16.2 Å². The van der Waals surface area contributed by atoms with Crippen molar-refractivity contribution >= 4 is 28.9 Å². The average Bonchev–Trinajstić information content (AvgIpc) is 2.66. The Morgan fingerprint density at radius 2 is 1.79 bits per heavy atom. The third kappa shape index (κ3) is 6.62. The first-order valence-corrected chi connectivity index (χ1v) is 8.90. The third-order valence-electron chi connectivity index (χ3n) is 3.71. The van der Waals surface area contributed by atoms with E-state index in [-0.39, 0.29) is 28.5 Å². The van der Waals surface area contributed by atoms with Crippen LogP contribution >= 0.6 is 11.6 Å². The maximum absolute atomic E-state index is 12.9. The minimum absolute atomic E-state index is 0.0659. The summed E-state index contributed by atoms with van der Waals surface area (Å²) in [6, 6.07) is 12.2. The Morgan fingerprint density at radius 1 is 1.21 bits per heavy atom. The molecular weight excluding hydrogens is 407 g/mol. The molecule has 4 N–H and O–H groups in total. The number of nitrogens with zero attached hydrogens (tertiary/aromatic N) is 1. The van der Waals surface area contributed by atoms with Crippen LogP contribution in [0.2, 0.25) is 5.02 Å². The highest BCUT2D eigenvalue weighted by Crippen LogP contribution is 2.27. The summed E-state index contributed by atoms with van der Waals surface area (Å²) in [4.78, 5) is 16.2. The summed E-state index contributed by atoms with van der Waals surface area (Å²) in [5.41, 5.74) is 4.64. The Bertz CT molecular complexity index is 923. The molecule has 0 aromatic heterocycles. The first kappa shape index (κ1) is 22.4. The van der Waals surface area contributed by atoms with Gasteiger partial charge in [-0.15, -0.1) is 0 Å². The van der Waals surface area contributed by atoms with Gasteiger partial charge in [-0.3, -0.25) is 4.79 Å². The van der Waals surface area contributed by atoms with E-state index < -0.39 is 23.9 Å². The van der Waals surface area contributed by atoms with E-state index in [1.54, 1.807) is 24.3 Å². The van der Waals surface area contributed by atoms with Crippen LogP contribution in [0, 0.1) is 0 Å². The van der Waals surface area contributed by atoms with E-state index >= 15 is 0 Å². The molecule has 1 amide bonds. The molecule has 2 rings (SSSR count). The topological polar surface area (TPSA) is 87.7 Å². The number of halogens is 4. The molecule has 29 heavy (non-hydrogen) atoms. The third-order valence-corrected chi connectivity index (χ3v) is 4.03. The monoisotopic (exact) mass is 425 g/mol. The number of nitrogens with one attached hydrogen (secondary N) is 1. The lowest BCUT2D eigenvalue weighted by atomic mass is 10.1. The van der Waals surface area contributed by atoms with Crippen LogP contribution in [0.1, 0.15) is 22.8 Å². The van der Waals surface area contributed by atoms with Crippen LogP contribution < -0.4 is 11.1 Å². The first-order valence-electron chi connectivity index (χ1n) is 8.52. The quantitative estimate of drug-likeness (QED) is 0.612. The van der Waals surface area contributed by atoms with Crippen LogP contribution in [0.5, 0.6) is 0 Å². The summed E-state index contributed by atoms with van der Waals surface area (Å²) >= 11 is 6.05. The number of carbonyl (C=O) groups is 1. The summed E-state index contributed by atoms with van der Waals surface area (Å²) in [5, 5.41) is 12.0. The van der Waals surface area contributed by atoms with Crippen LogP contribution in [0.25, 0.3) is 0 Å². The van der Waals surface area contributed by atoms with Crippen LogP contribution in [-0.2, 0) is 0 Å². The number of hydrogen-bond acceptors (Lipinski definition) is 4. The molecule has 1 atom stereocenters. The highest BCUT2D eigenvalue weighted by molar-refractivity contribution is 6.33. The van der Waals surface area contributed by atoms with Crippen molar-refractivity contribution in [2.45, 2.75) is 19.2 Å². The molecule has 0 aliphatic rings. The minimum Gasteiger partial charge on any atom is -0.395 e. The van der Waals surface area contributed by atoms with Crippen molar-refractivity contribution in [3.05, 3.63) is 76.5 Å². The van der Waals surface area contributed by atoms with Gasteiger partial charge in [-0.2, -0.15) is 13.2 Å². The smallest absolute Gasteiger partial charge is 0.395 e. The van der Waals surface area contributed by atoms with E-state index in [1.165, 1.54) is 31.2 Å². The number of aliphatic imine (C=N–C) groups is 1. The Hall–Kier alpha value is -2.84. The van der Waals surface area contributed by atoms with Gasteiger partial charge in [0, 0.05) is 17.7 Å². The second kappa shape index (κ2) is 9.58. The predicted molar refractivity (Wildman–Crippen MR) is 106 cm³/mol. The van der Waals surface area contributed by atoms with Crippen molar-refractivity contribution in [3.8, 4) is 0 Å². The Morgan fingerprint density at radius 3 is 2.34 bits per heavy atom. The van der Waals surface area contributed by atoms with Crippen molar-refractivity contribution in [2.75, 3.05) is 6.54 Å². The number of hydrogen-bond donors (Lipinski definition) is 3. The van der Waals surface area contributed by atoms with Crippen LogP contribution in [0.3, 0.4) is 0 Å². The van der Waals surface area contributed by atoms with Gasteiger partial charge in [0.25, 0.3) is 5.91 Å². The fourth-order valence-corrected chi connectivity index (χ4v) is 2.39. The van der Waals surface area contributed by atoms with Gasteiger partial charge in [-0.05, 0) is 37.3 Å². The molecule has 9 heteroatoms. The maximum Gasteiger partial charge on any atom is 0.430 e. The SMILES string of the molecule is CC(O)CNC(=O)c1ccc(C(/C=C(\N)C(F)(F)F)=Nc2ccccc2Cl)cc1. The lowest BCUT2D eigenvalue weighted by Gasteiger charge is -2.10. The van der Waals surface area contributed by atoms with E-state index in [2.05, 4.69) is 10.3 Å². The summed E-state index contributed by atoms with van der Waals surface area (Å²) in [6.07, 6.45) is -4.71. The molecule has 0 fully saturated rings. The Balaban J connectivity index is 2.42. The molecule has 2 aromatic carbocycles. The molecule has 0 bridgehead atoms. The molecule has 0 radical (unpaired) electrons. The second-order valence-electron chi connectivity index (χ2n) is 6.18. The fraction of sp³-hybridized carbons (Fsp3) is 0.200. The molecule has 1 unspecified atom stereocenters. The Labute approximate surface area is 170 Å². The summed E-state index contributed by atoms with van der Waals surface area (Å²) in [7, 11) is 0. The van der Waals surface area contributed by atoms with Gasteiger partial charge in [0.1, 0.15) is 5.70 Å². The standard InChI is InChI=1S/C20H19ClF3N3O2/c1-12(28)11-26-19(29)14-8-6-13(7-9-14)17(10-18(25)20(22,23)24)27-16-5-3-2-4-15(16)21/h2-10,12,28H,11,25H2,1H3,(H,26,29)/b18-10-,27-17?. The normalized spacial score (nSPS) is 13.9. The van der Waals surface area contributed by atoms with E-state index in [9.17, 15) is 23.1 Å². The summed E-state index contributed by atoms with van der Waals surface area (Å²) < 4.78 is 38.7. The second-order valence-corrected chi connectivity index (χ2v) is 6.59. The molecule has 0 saturated heterocycles. The van der Waals surface area contributed by atoms with Gasteiger partial charge >= 0.3 is 6.18 Å². The van der Waals surface area contributed by atoms with Gasteiger partial charge in [-0.25, -0.2) is 4.99 Å². The van der Waals surface area contributed by atoms with E-state index in [0.29, 0.717) is 11.6 Å². The minimum atomic E-state index is -4.72. The average molecular weight is 426 g/mol. The first-order chi connectivity index (χ1) is 13.6. The number of rotatable bonds is 6. The zero-order valence-corrected chi connectivity index (χ0v) is 16.1. The zero-order chi connectivity index (χ0) is 21.6. The zero-order valence-electron chi connectivity index (χ0n) is 15.4. The van der Waals surface area contributed by atoms with Crippen LogP contribution in [0.15, 0.2) is 65.3 Å². The van der Waals surface area contributed by atoms with Gasteiger partial charge in [-0.1, -0.05) is 35.9 Å². The van der Waals surface area contributed by atoms with Crippen LogP contribution in [-0.4, -0.2) is 35.6 Å². The van der Waals surface area contributed by atoms with Crippen molar-refractivity contribution in [1.82, 2.24) is 5.32 Å². The number of aliphatic hydroxyl groups is 1. The number of allylic oxidation sites excluding steroid dienone is 2. The van der Waals surface area contributed by atoms with E-state index in [4.69, 9.17) is 17.3 Å². The van der Waals surface area contributed by atoms with Crippen molar-refractivity contribution in [2.24, 2.45) is 10.7 Å². The van der Waals surface area contributed by atoms with Gasteiger partial charge in [0.05, 0.1) is 22.5 Å². The van der Waals surface area contributed by atoms with Gasteiger partial charge in [0.2, 0.25) is 0 Å². The highest BCUT2D eigenvalue weighted by Gasteiger charge is 2.31. The number of aliphatic hydroxyl groups excluding tert-OH is 1.